The van der Waals surface area contributed by atoms with E-state index in [1.54, 1.807) is 6.92 Å². The van der Waals surface area contributed by atoms with E-state index in [0.717, 1.165) is 0 Å². The largest absolute Gasteiger partial charge is 0.448 e. The van der Waals surface area contributed by atoms with Crippen molar-refractivity contribution in [2.45, 2.75) is 31.5 Å². The Morgan fingerprint density at radius 2 is 2.06 bits per heavy atom. The molecule has 4 atom stereocenters. The third-order valence-corrected chi connectivity index (χ3v) is 6.05. The summed E-state index contributed by atoms with van der Waals surface area (Å²) in [6.45, 7) is 1.93. The summed E-state index contributed by atoms with van der Waals surface area (Å²) in [5.74, 6) is 0.307. The molecule has 4 N–H and O–H groups in total. The fourth-order valence-electron chi connectivity index (χ4n) is 3.37. The van der Waals surface area contributed by atoms with Crippen LogP contribution in [0.4, 0.5) is 10.6 Å². The molecule has 0 radical (unpaired) electrons. The highest BCUT2D eigenvalue weighted by molar-refractivity contribution is 8.14. The number of fused-ring (bicyclic) bond motifs is 1. The minimum Gasteiger partial charge on any atom is -0.448 e. The molecule has 31 heavy (non-hydrogen) atoms. The topological polar surface area (TPSA) is 158 Å². The van der Waals surface area contributed by atoms with Crippen LogP contribution in [0.1, 0.15) is 13.2 Å². The number of imidazole rings is 1. The fourth-order valence-corrected chi connectivity index (χ4v) is 4.47. The van der Waals surface area contributed by atoms with Crippen LogP contribution in [0.2, 0.25) is 0 Å². The maximum absolute atomic E-state index is 11.9. The second-order valence-electron chi connectivity index (χ2n) is 6.88. The Balaban J connectivity index is 1.49. The summed E-state index contributed by atoms with van der Waals surface area (Å²) in [5, 5.41) is 21.7. The highest BCUT2D eigenvalue weighted by Gasteiger charge is 2.44. The Morgan fingerprint density at radius 3 is 2.81 bits per heavy atom. The Labute approximate surface area is 181 Å². The van der Waals surface area contributed by atoms with E-state index in [1.165, 1.54) is 29.0 Å². The standard InChI is InChI=1S/C19H22N6O5S/c1-2-29-19(28)24-17(10-5-3-4-6-10)31-7-11-13(26)14(27)18(30-11)25-9-23-12-15(20)21-8-22-16(12)25/h3-6,8-11,13-14,18,26-27H,2,7H2,1H3,(H2,20,21,22)/b24-17+/t11-,13-,14-,18-/m1/s1. The third-order valence-electron chi connectivity index (χ3n) is 4.90. The molecule has 1 saturated heterocycles. The molecule has 2 aromatic rings. The number of carbonyl (C=O) groups excluding carboxylic acids is 1. The molecule has 11 nitrogen and oxygen atoms in total. The summed E-state index contributed by atoms with van der Waals surface area (Å²) in [7, 11) is 0. The lowest BCUT2D eigenvalue weighted by Gasteiger charge is -2.17. The van der Waals surface area contributed by atoms with E-state index in [9.17, 15) is 15.0 Å². The normalized spacial score (nSPS) is 26.2. The van der Waals surface area contributed by atoms with Crippen LogP contribution in [0.3, 0.4) is 0 Å². The van der Waals surface area contributed by atoms with Crippen LogP contribution in [0, 0.1) is 5.92 Å². The number of aliphatic hydroxyl groups is 2. The molecule has 1 amide bonds. The summed E-state index contributed by atoms with van der Waals surface area (Å²) in [5.41, 5.74) is 6.59. The van der Waals surface area contributed by atoms with Crippen molar-refractivity contribution in [1.29, 1.82) is 0 Å². The van der Waals surface area contributed by atoms with Gasteiger partial charge in [-0.25, -0.2) is 19.7 Å². The zero-order valence-corrected chi connectivity index (χ0v) is 17.4. The van der Waals surface area contributed by atoms with Crippen LogP contribution in [-0.4, -0.2) is 71.5 Å². The van der Waals surface area contributed by atoms with Gasteiger partial charge in [-0.2, -0.15) is 4.99 Å². The number of hydrogen-bond acceptors (Lipinski definition) is 10. The number of amides is 1. The van der Waals surface area contributed by atoms with Gasteiger partial charge in [0.2, 0.25) is 0 Å². The van der Waals surface area contributed by atoms with Crippen LogP contribution in [0.5, 0.6) is 0 Å². The Bertz CT molecular complexity index is 1040. The molecule has 0 unspecified atom stereocenters. The molecule has 4 rings (SSSR count). The van der Waals surface area contributed by atoms with Gasteiger partial charge in [-0.15, -0.1) is 11.8 Å². The van der Waals surface area contributed by atoms with Crippen LogP contribution < -0.4 is 5.73 Å². The van der Waals surface area contributed by atoms with Gasteiger partial charge in [-0.3, -0.25) is 4.57 Å². The molecule has 12 heteroatoms. The zero-order chi connectivity index (χ0) is 22.0. The van der Waals surface area contributed by atoms with Crippen molar-refractivity contribution in [2.75, 3.05) is 18.1 Å². The summed E-state index contributed by atoms with van der Waals surface area (Å²) in [6, 6.07) is 0. The highest BCUT2D eigenvalue weighted by Crippen LogP contribution is 2.34. The smallest absolute Gasteiger partial charge is 0.434 e. The number of ether oxygens (including phenoxy) is 2. The van der Waals surface area contributed by atoms with Gasteiger partial charge in [0.25, 0.3) is 0 Å². The van der Waals surface area contributed by atoms with Crippen molar-refractivity contribution >= 4 is 39.9 Å². The lowest BCUT2D eigenvalue weighted by atomic mass is 10.1. The van der Waals surface area contributed by atoms with Crippen molar-refractivity contribution in [3.63, 3.8) is 0 Å². The first-order chi connectivity index (χ1) is 15.0. The van der Waals surface area contributed by atoms with E-state index < -0.39 is 30.6 Å². The molecule has 1 aliphatic carbocycles. The Hall–Kier alpha value is -2.80. The highest BCUT2D eigenvalue weighted by atomic mass is 32.2. The van der Waals surface area contributed by atoms with Gasteiger partial charge < -0.3 is 25.4 Å². The second kappa shape index (κ2) is 9.14. The molecule has 164 valence electrons. The molecule has 0 spiro atoms. The molecule has 0 saturated carbocycles. The summed E-state index contributed by atoms with van der Waals surface area (Å²) in [4.78, 5) is 28.1. The lowest BCUT2D eigenvalue weighted by molar-refractivity contribution is -0.0288. The number of allylic oxidation sites excluding steroid dienone is 4. The van der Waals surface area contributed by atoms with Crippen molar-refractivity contribution in [3.05, 3.63) is 37.0 Å². The number of nitrogen functional groups attached to an aromatic ring is 1. The van der Waals surface area contributed by atoms with Gasteiger partial charge in [0.15, 0.2) is 17.7 Å². The molecule has 1 fully saturated rings. The SMILES string of the molecule is CCOC(=O)/N=C(/SC[C@H]1O[C@@H](n2cnc3c(N)ncnc32)[C@H](O)[C@@H]1O)C1C=CC=C1. The van der Waals surface area contributed by atoms with Crippen LogP contribution in [-0.2, 0) is 9.47 Å². The van der Waals surface area contributed by atoms with Gasteiger partial charge >= 0.3 is 6.09 Å². The molecule has 1 aliphatic heterocycles. The average Bonchev–Trinajstić information content (AvgIpc) is 3.48. The third kappa shape index (κ3) is 4.32. The fraction of sp³-hybridized carbons (Fsp3) is 0.421. The summed E-state index contributed by atoms with van der Waals surface area (Å²) < 4.78 is 12.4. The Kier molecular flexibility index (Phi) is 6.32. The maximum Gasteiger partial charge on any atom is 0.434 e. The van der Waals surface area contributed by atoms with Crippen LogP contribution >= 0.6 is 11.8 Å². The number of carbonyl (C=O) groups is 1. The second-order valence-corrected chi connectivity index (χ2v) is 7.93. The number of aliphatic hydroxyl groups excluding tert-OH is 2. The van der Waals surface area contributed by atoms with Gasteiger partial charge in [-0.1, -0.05) is 24.3 Å². The monoisotopic (exact) mass is 446 g/mol. The summed E-state index contributed by atoms with van der Waals surface area (Å²) >= 11 is 1.26. The molecular weight excluding hydrogens is 424 g/mol. The Morgan fingerprint density at radius 1 is 1.29 bits per heavy atom. The van der Waals surface area contributed by atoms with Crippen molar-refractivity contribution in [3.8, 4) is 0 Å². The van der Waals surface area contributed by atoms with Gasteiger partial charge in [0, 0.05) is 11.7 Å². The predicted molar refractivity (Wildman–Crippen MR) is 114 cm³/mol. The number of thioether (sulfide) groups is 1. The average molecular weight is 446 g/mol. The minimum absolute atomic E-state index is 0.161. The number of aromatic nitrogens is 4. The van der Waals surface area contributed by atoms with Gasteiger partial charge in [0.05, 0.1) is 24.1 Å². The van der Waals surface area contributed by atoms with Crippen LogP contribution in [0.15, 0.2) is 42.0 Å². The van der Waals surface area contributed by atoms with Crippen LogP contribution in [0.25, 0.3) is 11.2 Å². The zero-order valence-electron chi connectivity index (χ0n) is 16.6. The number of nitrogens with two attached hydrogens (primary N) is 1. The molecular formula is C19H22N6O5S. The number of aliphatic imine (C=N–C) groups is 1. The van der Waals surface area contributed by atoms with E-state index in [1.807, 2.05) is 24.3 Å². The quantitative estimate of drug-likeness (QED) is 0.448. The van der Waals surface area contributed by atoms with E-state index >= 15 is 0 Å². The number of anilines is 1. The summed E-state index contributed by atoms with van der Waals surface area (Å²) in [6.07, 6.45) is 5.59. The van der Waals surface area contributed by atoms with Gasteiger partial charge in [-0.05, 0) is 6.92 Å². The van der Waals surface area contributed by atoms with E-state index in [2.05, 4.69) is 19.9 Å². The molecule has 0 aromatic carbocycles. The molecule has 0 bridgehead atoms. The van der Waals surface area contributed by atoms with E-state index in [0.29, 0.717) is 16.2 Å². The predicted octanol–water partition coefficient (Wildman–Crippen LogP) is 1.06. The minimum atomic E-state index is -1.21. The first-order valence-electron chi connectivity index (χ1n) is 9.67. The first-order valence-corrected chi connectivity index (χ1v) is 10.7. The number of nitrogens with zero attached hydrogens (tertiary/aromatic N) is 5. The van der Waals surface area contributed by atoms with Crippen molar-refractivity contribution < 1.29 is 24.5 Å². The number of rotatable bonds is 5. The molecule has 2 aromatic heterocycles. The van der Waals surface area contributed by atoms with Crippen molar-refractivity contribution in [1.82, 2.24) is 19.5 Å². The first kappa shape index (κ1) is 21.4. The lowest BCUT2D eigenvalue weighted by Crippen LogP contribution is -2.33. The van der Waals surface area contributed by atoms with E-state index in [-0.39, 0.29) is 24.1 Å². The van der Waals surface area contributed by atoms with E-state index in [4.69, 9.17) is 15.2 Å². The molecule has 2 aliphatic rings. The number of hydrogen-bond donors (Lipinski definition) is 3. The maximum atomic E-state index is 11.9. The molecule has 3 heterocycles. The van der Waals surface area contributed by atoms with Crippen molar-refractivity contribution in [2.24, 2.45) is 10.9 Å². The van der Waals surface area contributed by atoms with Gasteiger partial charge in [0.1, 0.15) is 24.1 Å².